The smallest absolute Gasteiger partial charge is 0.348 e. The number of nitro groups is 1. The highest BCUT2D eigenvalue weighted by Gasteiger charge is 2.20. The molecule has 0 radical (unpaired) electrons. The molecule has 0 amide bonds. The van der Waals surface area contributed by atoms with E-state index >= 15 is 0 Å². The number of nitrogens with zero attached hydrogens (tertiary/aromatic N) is 4. The molecule has 0 atom stereocenters. The molecule has 0 saturated heterocycles. The molecule has 144 valence electrons. The molecule has 0 aliphatic carbocycles. The second kappa shape index (κ2) is 7.56. The van der Waals surface area contributed by atoms with E-state index in [4.69, 9.17) is 4.74 Å². The summed E-state index contributed by atoms with van der Waals surface area (Å²) in [5.41, 5.74) is -0.192. The molecule has 11 heteroatoms. The number of esters is 1. The van der Waals surface area contributed by atoms with Crippen molar-refractivity contribution in [3.63, 3.8) is 0 Å². The zero-order valence-electron chi connectivity index (χ0n) is 14.8. The third-order valence-corrected chi connectivity index (χ3v) is 5.00. The molecule has 2 aromatic heterocycles. The Bertz CT molecular complexity index is 1180. The molecule has 0 saturated carbocycles. The normalized spacial score (nSPS) is 11.2. The average Bonchev–Trinajstić information content (AvgIpc) is 2.99. The summed E-state index contributed by atoms with van der Waals surface area (Å²) in [5.74, 6) is -0.989. The van der Waals surface area contributed by atoms with Gasteiger partial charge in [-0.3, -0.25) is 14.9 Å². The summed E-state index contributed by atoms with van der Waals surface area (Å²) in [6.45, 7) is 3.53. The lowest BCUT2D eigenvalue weighted by atomic mass is 10.2. The van der Waals surface area contributed by atoms with Gasteiger partial charge in [-0.25, -0.2) is 9.78 Å². The molecule has 3 aromatic rings. The quantitative estimate of drug-likeness (QED) is 0.299. The summed E-state index contributed by atoms with van der Waals surface area (Å²) in [4.78, 5) is 39.7. The van der Waals surface area contributed by atoms with Crippen LogP contribution in [0.2, 0.25) is 0 Å². The van der Waals surface area contributed by atoms with Crippen LogP contribution >= 0.6 is 11.3 Å². The Morgan fingerprint density at radius 2 is 2.25 bits per heavy atom. The predicted octanol–water partition coefficient (Wildman–Crippen LogP) is 2.44. The Morgan fingerprint density at radius 1 is 1.50 bits per heavy atom. The van der Waals surface area contributed by atoms with Gasteiger partial charge in [0.05, 0.1) is 23.1 Å². The van der Waals surface area contributed by atoms with Gasteiger partial charge in [-0.2, -0.15) is 9.78 Å². The Labute approximate surface area is 161 Å². The van der Waals surface area contributed by atoms with Gasteiger partial charge in [0.1, 0.15) is 16.0 Å². The fraction of sp³-hybridized carbons (Fsp3) is 0.176. The standard InChI is InChI=1S/C17H14N4O6S/c1-3-27-17(24)14-9(2)13-15(28-14)18-8-20(16(13)23)19-7-10-4-5-12(22)11(6-10)21(25)26/h4-8,22H,3H2,1-2H3/b19-7-. The van der Waals surface area contributed by atoms with E-state index in [-0.39, 0.29) is 12.0 Å². The predicted molar refractivity (Wildman–Crippen MR) is 102 cm³/mol. The van der Waals surface area contributed by atoms with Crippen LogP contribution in [0, 0.1) is 17.0 Å². The van der Waals surface area contributed by atoms with Crippen LogP contribution in [0.15, 0.2) is 34.4 Å². The number of benzene rings is 1. The van der Waals surface area contributed by atoms with Crippen LogP contribution in [0.25, 0.3) is 10.2 Å². The van der Waals surface area contributed by atoms with Gasteiger partial charge in [0, 0.05) is 11.6 Å². The number of fused-ring (bicyclic) bond motifs is 1. The summed E-state index contributed by atoms with van der Waals surface area (Å²) in [6.07, 6.45) is 2.43. The maximum absolute atomic E-state index is 12.7. The minimum Gasteiger partial charge on any atom is -0.502 e. The number of carbonyl (C=O) groups is 1. The molecule has 2 heterocycles. The minimum atomic E-state index is -0.724. The van der Waals surface area contributed by atoms with Crippen LogP contribution < -0.4 is 5.56 Å². The second-order valence-corrected chi connectivity index (χ2v) is 6.60. The number of hydrogen-bond acceptors (Lipinski definition) is 9. The molecular formula is C17H14N4O6S. The molecule has 28 heavy (non-hydrogen) atoms. The molecule has 0 fully saturated rings. The number of aryl methyl sites for hydroxylation is 1. The van der Waals surface area contributed by atoms with Gasteiger partial charge in [0.2, 0.25) is 0 Å². The van der Waals surface area contributed by atoms with Crippen molar-refractivity contribution >= 4 is 39.4 Å². The first-order chi connectivity index (χ1) is 13.3. The molecule has 0 bridgehead atoms. The van der Waals surface area contributed by atoms with Crippen molar-refractivity contribution < 1.29 is 19.6 Å². The minimum absolute atomic E-state index is 0.216. The van der Waals surface area contributed by atoms with Crippen LogP contribution in [0.1, 0.15) is 27.7 Å². The van der Waals surface area contributed by atoms with Crippen LogP contribution in [0.3, 0.4) is 0 Å². The highest BCUT2D eigenvalue weighted by Crippen LogP contribution is 2.28. The Morgan fingerprint density at radius 3 is 2.93 bits per heavy atom. The SMILES string of the molecule is CCOC(=O)c1sc2ncn(/N=C\c3ccc(O)c([N+](=O)[O-])c3)c(=O)c2c1C. The van der Waals surface area contributed by atoms with Crippen LogP contribution in [0.4, 0.5) is 5.69 Å². The lowest BCUT2D eigenvalue weighted by Gasteiger charge is -2.00. The van der Waals surface area contributed by atoms with E-state index in [0.29, 0.717) is 20.8 Å². The number of carbonyl (C=O) groups excluding carboxylic acids is 1. The van der Waals surface area contributed by atoms with Crippen molar-refractivity contribution in [2.75, 3.05) is 6.61 Å². The van der Waals surface area contributed by atoms with Crippen molar-refractivity contribution in [3.05, 3.63) is 61.0 Å². The van der Waals surface area contributed by atoms with Gasteiger partial charge in [0.25, 0.3) is 5.56 Å². The van der Waals surface area contributed by atoms with E-state index < -0.39 is 27.9 Å². The molecule has 3 rings (SSSR count). The third kappa shape index (κ3) is 3.47. The summed E-state index contributed by atoms with van der Waals surface area (Å²) >= 11 is 1.06. The first-order valence-corrected chi connectivity index (χ1v) is 8.84. The summed E-state index contributed by atoms with van der Waals surface area (Å²) in [6, 6.07) is 3.71. The Balaban J connectivity index is 2.02. The first-order valence-electron chi connectivity index (χ1n) is 8.03. The van der Waals surface area contributed by atoms with E-state index in [2.05, 4.69) is 10.1 Å². The monoisotopic (exact) mass is 402 g/mol. The van der Waals surface area contributed by atoms with Gasteiger partial charge in [-0.1, -0.05) is 0 Å². The number of phenols is 1. The molecule has 0 spiro atoms. The summed E-state index contributed by atoms with van der Waals surface area (Å²) < 4.78 is 5.95. The highest BCUT2D eigenvalue weighted by atomic mass is 32.1. The zero-order chi connectivity index (χ0) is 20.4. The van der Waals surface area contributed by atoms with Crippen molar-refractivity contribution in [2.24, 2.45) is 5.10 Å². The maximum atomic E-state index is 12.7. The van der Waals surface area contributed by atoms with Crippen molar-refractivity contribution in [2.45, 2.75) is 13.8 Å². The van der Waals surface area contributed by atoms with Crippen LogP contribution in [-0.2, 0) is 4.74 Å². The van der Waals surface area contributed by atoms with Gasteiger partial charge < -0.3 is 9.84 Å². The van der Waals surface area contributed by atoms with Gasteiger partial charge in [0.15, 0.2) is 5.75 Å². The summed E-state index contributed by atoms with van der Waals surface area (Å²) in [7, 11) is 0. The van der Waals surface area contributed by atoms with Crippen molar-refractivity contribution in [1.82, 2.24) is 9.66 Å². The highest BCUT2D eigenvalue weighted by molar-refractivity contribution is 7.20. The molecule has 1 aromatic carbocycles. The van der Waals surface area contributed by atoms with E-state index in [9.17, 15) is 24.8 Å². The summed E-state index contributed by atoms with van der Waals surface area (Å²) in [5, 5.41) is 24.6. The van der Waals surface area contributed by atoms with Gasteiger partial charge in [-0.15, -0.1) is 11.3 Å². The first kappa shape index (κ1) is 19.2. The molecule has 0 aliphatic heterocycles. The topological polar surface area (TPSA) is 137 Å². The number of phenolic OH excluding ortho intramolecular Hbond substituents is 1. The number of rotatable bonds is 5. The van der Waals surface area contributed by atoms with E-state index in [1.807, 2.05) is 0 Å². The zero-order valence-corrected chi connectivity index (χ0v) is 15.6. The van der Waals surface area contributed by atoms with Crippen molar-refractivity contribution in [1.29, 1.82) is 0 Å². The van der Waals surface area contributed by atoms with Gasteiger partial charge >= 0.3 is 11.7 Å². The molecule has 10 nitrogen and oxygen atoms in total. The number of nitro benzene ring substituents is 1. The van der Waals surface area contributed by atoms with E-state index in [0.717, 1.165) is 22.1 Å². The number of aromatic hydroxyl groups is 1. The number of hydrogen-bond donors (Lipinski definition) is 1. The number of ether oxygens (including phenoxy) is 1. The number of aromatic nitrogens is 2. The third-order valence-electron chi connectivity index (χ3n) is 3.82. The van der Waals surface area contributed by atoms with Crippen molar-refractivity contribution in [3.8, 4) is 5.75 Å². The Kier molecular flexibility index (Phi) is 5.18. The molecule has 1 N–H and O–H groups in total. The Hall–Kier alpha value is -3.60. The van der Waals surface area contributed by atoms with Gasteiger partial charge in [-0.05, 0) is 31.5 Å². The molecular weight excluding hydrogens is 388 g/mol. The fourth-order valence-corrected chi connectivity index (χ4v) is 3.52. The second-order valence-electron chi connectivity index (χ2n) is 5.60. The van der Waals surface area contributed by atoms with E-state index in [1.54, 1.807) is 13.8 Å². The number of thiophene rings is 1. The molecule has 0 aliphatic rings. The lowest BCUT2D eigenvalue weighted by Crippen LogP contribution is -2.17. The average molecular weight is 402 g/mol. The van der Waals surface area contributed by atoms with Crippen LogP contribution in [0.5, 0.6) is 5.75 Å². The maximum Gasteiger partial charge on any atom is 0.348 e. The lowest BCUT2D eigenvalue weighted by molar-refractivity contribution is -0.385. The largest absolute Gasteiger partial charge is 0.502 e. The molecule has 0 unspecified atom stereocenters. The van der Waals surface area contributed by atoms with Crippen LogP contribution in [-0.4, -0.2) is 38.5 Å². The fourth-order valence-electron chi connectivity index (χ4n) is 2.48. The van der Waals surface area contributed by atoms with E-state index in [1.165, 1.54) is 24.7 Å².